The van der Waals surface area contributed by atoms with Gasteiger partial charge in [0.25, 0.3) is 0 Å². The molecule has 0 aromatic heterocycles. The molecule has 1 heterocycles. The third-order valence-electron chi connectivity index (χ3n) is 4.50. The van der Waals surface area contributed by atoms with Gasteiger partial charge in [0.1, 0.15) is 5.25 Å². The van der Waals surface area contributed by atoms with Crippen LogP contribution < -0.4 is 5.32 Å². The highest BCUT2D eigenvalue weighted by Crippen LogP contribution is 2.31. The molecule has 2 aromatic rings. The van der Waals surface area contributed by atoms with Gasteiger partial charge < -0.3 is 5.32 Å². The number of carbonyl (C=O) groups excluding carboxylic acids is 2. The zero-order valence-corrected chi connectivity index (χ0v) is 17.8. The molecule has 146 valence electrons. The van der Waals surface area contributed by atoms with Crippen LogP contribution in [0, 0.1) is 20.8 Å². The highest BCUT2D eigenvalue weighted by atomic mass is 35.5. The summed E-state index contributed by atoms with van der Waals surface area (Å²) < 4.78 is 0. The quantitative estimate of drug-likeness (QED) is 0.775. The van der Waals surface area contributed by atoms with Crippen molar-refractivity contribution in [3.63, 3.8) is 0 Å². The molecule has 2 aromatic carbocycles. The van der Waals surface area contributed by atoms with E-state index in [1.54, 1.807) is 31.3 Å². The molecule has 1 aliphatic rings. The molecule has 0 saturated carbocycles. The zero-order chi connectivity index (χ0) is 20.4. The predicted molar refractivity (Wildman–Crippen MR) is 117 cm³/mol. The molecule has 5 nitrogen and oxygen atoms in total. The summed E-state index contributed by atoms with van der Waals surface area (Å²) in [6, 6.07) is 11.1. The van der Waals surface area contributed by atoms with Crippen molar-refractivity contribution >= 4 is 51.7 Å². The molecular formula is C21H22ClN3O2S. The summed E-state index contributed by atoms with van der Waals surface area (Å²) in [5.41, 5.74) is 4.70. The van der Waals surface area contributed by atoms with Gasteiger partial charge in [-0.1, -0.05) is 41.1 Å². The molecule has 0 radical (unpaired) electrons. The van der Waals surface area contributed by atoms with Gasteiger partial charge in [0.2, 0.25) is 11.8 Å². The number of halogens is 1. The molecule has 1 aliphatic heterocycles. The van der Waals surface area contributed by atoms with E-state index in [9.17, 15) is 9.59 Å². The fourth-order valence-electron chi connectivity index (χ4n) is 3.16. The molecule has 2 amide bonds. The van der Waals surface area contributed by atoms with Gasteiger partial charge in [0.15, 0.2) is 5.17 Å². The van der Waals surface area contributed by atoms with Crippen LogP contribution in [0.25, 0.3) is 0 Å². The summed E-state index contributed by atoms with van der Waals surface area (Å²) in [6.07, 6.45) is 0.0975. The van der Waals surface area contributed by atoms with Crippen LogP contribution in [0.5, 0.6) is 0 Å². The lowest BCUT2D eigenvalue weighted by Gasteiger charge is -2.14. The number of aryl methyl sites for hydroxylation is 3. The van der Waals surface area contributed by atoms with Crippen LogP contribution in [0.15, 0.2) is 41.4 Å². The molecule has 1 N–H and O–H groups in total. The third-order valence-corrected chi connectivity index (χ3v) is 5.98. The lowest BCUT2D eigenvalue weighted by atomic mass is 10.0. The van der Waals surface area contributed by atoms with Gasteiger partial charge in [-0.3, -0.25) is 14.5 Å². The molecule has 1 atom stereocenters. The third kappa shape index (κ3) is 4.56. The molecule has 7 heteroatoms. The highest BCUT2D eigenvalue weighted by Gasteiger charge is 2.37. The van der Waals surface area contributed by atoms with Crippen molar-refractivity contribution in [2.75, 3.05) is 12.4 Å². The number of hydrogen-bond donors (Lipinski definition) is 1. The van der Waals surface area contributed by atoms with Gasteiger partial charge in [0, 0.05) is 24.2 Å². The minimum absolute atomic E-state index is 0.0975. The van der Waals surface area contributed by atoms with Crippen molar-refractivity contribution < 1.29 is 9.59 Å². The maximum atomic E-state index is 12.6. The normalized spacial score (nSPS) is 18.0. The van der Waals surface area contributed by atoms with Crippen molar-refractivity contribution in [1.82, 2.24) is 4.90 Å². The molecule has 0 spiro atoms. The smallest absolute Gasteiger partial charge is 0.242 e. The number of aliphatic imine (C=N–C) groups is 1. The van der Waals surface area contributed by atoms with E-state index in [2.05, 4.69) is 10.3 Å². The molecule has 0 bridgehead atoms. The molecule has 0 aliphatic carbocycles. The van der Waals surface area contributed by atoms with Crippen LogP contribution in [0.4, 0.5) is 11.4 Å². The van der Waals surface area contributed by atoms with Crippen molar-refractivity contribution in [2.45, 2.75) is 32.4 Å². The second-order valence-corrected chi connectivity index (χ2v) is 8.51. The second-order valence-electron chi connectivity index (χ2n) is 6.90. The Morgan fingerprint density at radius 3 is 2.39 bits per heavy atom. The molecule has 1 fully saturated rings. The first kappa shape index (κ1) is 20.4. The van der Waals surface area contributed by atoms with Crippen molar-refractivity contribution in [3.8, 4) is 0 Å². The molecular weight excluding hydrogens is 394 g/mol. The molecule has 3 rings (SSSR count). The summed E-state index contributed by atoms with van der Waals surface area (Å²) in [5, 5.41) is 3.68. The highest BCUT2D eigenvalue weighted by molar-refractivity contribution is 8.15. The Bertz CT molecular complexity index is 934. The predicted octanol–water partition coefficient (Wildman–Crippen LogP) is 4.86. The Kier molecular flexibility index (Phi) is 6.10. The number of thioether (sulfide) groups is 1. The first-order valence-corrected chi connectivity index (χ1v) is 10.2. The topological polar surface area (TPSA) is 61.8 Å². The maximum Gasteiger partial charge on any atom is 0.242 e. The van der Waals surface area contributed by atoms with E-state index < -0.39 is 5.25 Å². The number of nitrogens with zero attached hydrogens (tertiary/aromatic N) is 2. The van der Waals surface area contributed by atoms with E-state index >= 15 is 0 Å². The number of hydrogen-bond acceptors (Lipinski definition) is 4. The standard InChI is InChI=1S/C21H22ClN3O2S/c1-12-9-13(2)19(14(3)10-12)24-18(26)11-17-20(27)25(4)21(28-17)23-16-7-5-15(22)6-8-16/h5-10,17H,11H2,1-4H3,(H,24,26). The van der Waals surface area contributed by atoms with Gasteiger partial charge >= 0.3 is 0 Å². The van der Waals surface area contributed by atoms with Crippen LogP contribution in [0.3, 0.4) is 0 Å². The number of amidine groups is 1. The molecule has 28 heavy (non-hydrogen) atoms. The minimum atomic E-state index is -0.484. The summed E-state index contributed by atoms with van der Waals surface area (Å²) in [5.74, 6) is -0.299. The van der Waals surface area contributed by atoms with Crippen LogP contribution >= 0.6 is 23.4 Å². The van der Waals surface area contributed by atoms with E-state index in [1.165, 1.54) is 16.7 Å². The summed E-state index contributed by atoms with van der Waals surface area (Å²) in [6.45, 7) is 5.96. The van der Waals surface area contributed by atoms with Gasteiger partial charge in [-0.15, -0.1) is 0 Å². The Labute approximate surface area is 174 Å². The lowest BCUT2D eigenvalue weighted by Crippen LogP contribution is -2.30. The maximum absolute atomic E-state index is 12.6. The fraction of sp³-hybridized carbons (Fsp3) is 0.286. The zero-order valence-electron chi connectivity index (χ0n) is 16.2. The van der Waals surface area contributed by atoms with Gasteiger partial charge in [-0.05, 0) is 56.2 Å². The Morgan fingerprint density at radius 2 is 1.79 bits per heavy atom. The van der Waals surface area contributed by atoms with E-state index in [1.807, 2.05) is 32.9 Å². The van der Waals surface area contributed by atoms with Gasteiger partial charge in [0.05, 0.1) is 5.69 Å². The lowest BCUT2D eigenvalue weighted by molar-refractivity contribution is -0.127. The Morgan fingerprint density at radius 1 is 1.18 bits per heavy atom. The largest absolute Gasteiger partial charge is 0.326 e. The van der Waals surface area contributed by atoms with Gasteiger partial charge in [-0.25, -0.2) is 4.99 Å². The van der Waals surface area contributed by atoms with Crippen molar-refractivity contribution in [3.05, 3.63) is 58.1 Å². The fourth-order valence-corrected chi connectivity index (χ4v) is 4.44. The van der Waals surface area contributed by atoms with E-state index in [4.69, 9.17) is 11.6 Å². The number of carbonyl (C=O) groups is 2. The number of amides is 2. The minimum Gasteiger partial charge on any atom is -0.326 e. The van der Waals surface area contributed by atoms with E-state index in [0.29, 0.717) is 15.9 Å². The first-order valence-electron chi connectivity index (χ1n) is 8.91. The number of nitrogens with one attached hydrogen (secondary N) is 1. The van der Waals surface area contributed by atoms with Crippen LogP contribution in [-0.2, 0) is 9.59 Å². The number of rotatable bonds is 4. The Hall–Kier alpha value is -2.31. The van der Waals surface area contributed by atoms with Crippen LogP contribution in [-0.4, -0.2) is 34.2 Å². The average molecular weight is 416 g/mol. The number of anilines is 1. The SMILES string of the molecule is Cc1cc(C)c(NC(=O)CC2SC(=Nc3ccc(Cl)cc3)N(C)C2=O)c(C)c1. The van der Waals surface area contributed by atoms with Crippen LogP contribution in [0.1, 0.15) is 23.1 Å². The van der Waals surface area contributed by atoms with E-state index in [0.717, 1.165) is 22.4 Å². The second kappa shape index (κ2) is 8.37. The molecule has 1 saturated heterocycles. The van der Waals surface area contributed by atoms with E-state index in [-0.39, 0.29) is 18.2 Å². The van der Waals surface area contributed by atoms with Crippen LogP contribution in [0.2, 0.25) is 5.02 Å². The molecule has 1 unspecified atom stereocenters. The number of benzene rings is 2. The van der Waals surface area contributed by atoms with Crippen molar-refractivity contribution in [1.29, 1.82) is 0 Å². The summed E-state index contributed by atoms with van der Waals surface area (Å²) in [7, 11) is 1.68. The van der Waals surface area contributed by atoms with Crippen molar-refractivity contribution in [2.24, 2.45) is 4.99 Å². The first-order chi connectivity index (χ1) is 13.2. The average Bonchev–Trinajstić information content (AvgIpc) is 2.88. The summed E-state index contributed by atoms with van der Waals surface area (Å²) in [4.78, 5) is 31.1. The summed E-state index contributed by atoms with van der Waals surface area (Å²) >= 11 is 7.20. The monoisotopic (exact) mass is 415 g/mol. The Balaban J connectivity index is 1.70. The van der Waals surface area contributed by atoms with Gasteiger partial charge in [-0.2, -0.15) is 0 Å².